The molecule has 0 amide bonds. The average Bonchev–Trinajstić information content (AvgIpc) is 2.34. The van der Waals surface area contributed by atoms with E-state index < -0.39 is 0 Å². The predicted molar refractivity (Wildman–Crippen MR) is 60.5 cm³/mol. The zero-order valence-electron chi connectivity index (χ0n) is 7.50. The second-order valence-electron chi connectivity index (χ2n) is 2.97. The van der Waals surface area contributed by atoms with Gasteiger partial charge in [0.25, 0.3) is 0 Å². The van der Waals surface area contributed by atoms with Crippen molar-refractivity contribution < 1.29 is 0 Å². The standard InChI is InChI=1S/C9H13ClS2/c1-6(2)11-7(3)8-4-5-9(10)12-8/h4-7H,1-3H3. The highest BCUT2D eigenvalue weighted by molar-refractivity contribution is 8.00. The van der Waals surface area contributed by atoms with Gasteiger partial charge in [-0.05, 0) is 24.3 Å². The van der Waals surface area contributed by atoms with Crippen LogP contribution in [-0.2, 0) is 0 Å². The fourth-order valence-corrected chi connectivity index (χ4v) is 3.36. The summed E-state index contributed by atoms with van der Waals surface area (Å²) < 4.78 is 0.890. The molecule has 68 valence electrons. The van der Waals surface area contributed by atoms with Crippen molar-refractivity contribution in [2.75, 3.05) is 0 Å². The molecule has 0 fully saturated rings. The minimum Gasteiger partial charge on any atom is -0.150 e. The fourth-order valence-electron chi connectivity index (χ4n) is 1.02. The summed E-state index contributed by atoms with van der Waals surface area (Å²) in [6.45, 7) is 6.67. The van der Waals surface area contributed by atoms with Gasteiger partial charge in [-0.1, -0.05) is 25.4 Å². The minimum atomic E-state index is 0.572. The van der Waals surface area contributed by atoms with Crippen LogP contribution in [0.25, 0.3) is 0 Å². The van der Waals surface area contributed by atoms with E-state index in [0.717, 1.165) is 4.34 Å². The molecule has 12 heavy (non-hydrogen) atoms. The number of thiophene rings is 1. The van der Waals surface area contributed by atoms with Crippen LogP contribution in [0.3, 0.4) is 0 Å². The lowest BCUT2D eigenvalue weighted by Gasteiger charge is -2.11. The van der Waals surface area contributed by atoms with Gasteiger partial charge in [-0.25, -0.2) is 0 Å². The van der Waals surface area contributed by atoms with Crippen LogP contribution in [0.2, 0.25) is 4.34 Å². The number of thioether (sulfide) groups is 1. The maximum absolute atomic E-state index is 5.85. The van der Waals surface area contributed by atoms with Crippen molar-refractivity contribution in [3.8, 4) is 0 Å². The summed E-state index contributed by atoms with van der Waals surface area (Å²) in [6.07, 6.45) is 0. The Morgan fingerprint density at radius 2 is 2.00 bits per heavy atom. The van der Waals surface area contributed by atoms with Crippen molar-refractivity contribution in [1.29, 1.82) is 0 Å². The van der Waals surface area contributed by atoms with Crippen LogP contribution in [0, 0.1) is 0 Å². The van der Waals surface area contributed by atoms with E-state index >= 15 is 0 Å². The predicted octanol–water partition coefficient (Wildman–Crippen LogP) is 4.60. The molecular formula is C9H13ClS2. The quantitative estimate of drug-likeness (QED) is 0.717. The Kier molecular flexibility index (Phi) is 3.94. The van der Waals surface area contributed by atoms with Gasteiger partial charge >= 0.3 is 0 Å². The van der Waals surface area contributed by atoms with E-state index in [4.69, 9.17) is 11.6 Å². The Morgan fingerprint density at radius 3 is 2.42 bits per heavy atom. The highest BCUT2D eigenvalue weighted by atomic mass is 35.5. The fraction of sp³-hybridized carbons (Fsp3) is 0.556. The van der Waals surface area contributed by atoms with Crippen molar-refractivity contribution in [1.82, 2.24) is 0 Å². The second-order valence-corrected chi connectivity index (χ2v) is 6.64. The molecule has 0 N–H and O–H groups in total. The number of halogens is 1. The third kappa shape index (κ3) is 3.00. The van der Waals surface area contributed by atoms with Crippen molar-refractivity contribution in [3.63, 3.8) is 0 Å². The first-order valence-corrected chi connectivity index (χ1v) is 6.14. The Bertz CT molecular complexity index is 242. The Balaban J connectivity index is 2.58. The summed E-state index contributed by atoms with van der Waals surface area (Å²) in [5.74, 6) is 0. The Hall–Kier alpha value is 0.340. The molecule has 0 aliphatic carbocycles. The molecule has 0 aliphatic heterocycles. The largest absolute Gasteiger partial charge is 0.150 e. The van der Waals surface area contributed by atoms with E-state index in [0.29, 0.717) is 10.5 Å². The number of hydrogen-bond acceptors (Lipinski definition) is 2. The summed E-state index contributed by atoms with van der Waals surface area (Å²) in [7, 11) is 0. The molecule has 0 aliphatic rings. The van der Waals surface area contributed by atoms with E-state index in [9.17, 15) is 0 Å². The molecule has 0 saturated heterocycles. The molecule has 1 heterocycles. The van der Waals surface area contributed by atoms with E-state index in [1.165, 1.54) is 4.88 Å². The second kappa shape index (κ2) is 4.54. The molecule has 1 atom stereocenters. The molecule has 0 bridgehead atoms. The third-order valence-corrected chi connectivity index (χ3v) is 4.24. The lowest BCUT2D eigenvalue weighted by atomic mass is 10.4. The van der Waals surface area contributed by atoms with Crippen LogP contribution in [0.15, 0.2) is 12.1 Å². The molecule has 1 aromatic rings. The molecule has 0 aromatic carbocycles. The maximum atomic E-state index is 5.85. The first-order chi connectivity index (χ1) is 5.59. The average molecular weight is 221 g/mol. The molecular weight excluding hydrogens is 208 g/mol. The molecule has 1 unspecified atom stereocenters. The van der Waals surface area contributed by atoms with Crippen LogP contribution in [0.1, 0.15) is 30.9 Å². The summed E-state index contributed by atoms with van der Waals surface area (Å²) in [6, 6.07) is 4.09. The van der Waals surface area contributed by atoms with Gasteiger partial charge in [-0.3, -0.25) is 0 Å². The third-order valence-electron chi connectivity index (χ3n) is 1.47. The molecule has 0 saturated carbocycles. The summed E-state index contributed by atoms with van der Waals surface area (Å²) in [4.78, 5) is 1.37. The lowest BCUT2D eigenvalue weighted by Crippen LogP contribution is -1.91. The van der Waals surface area contributed by atoms with E-state index in [1.54, 1.807) is 11.3 Å². The van der Waals surface area contributed by atoms with Gasteiger partial charge in [0.05, 0.1) is 4.34 Å². The summed E-state index contributed by atoms with van der Waals surface area (Å²) >= 11 is 9.51. The highest BCUT2D eigenvalue weighted by Crippen LogP contribution is 2.36. The molecule has 0 nitrogen and oxygen atoms in total. The first-order valence-electron chi connectivity index (χ1n) is 4.00. The Labute approximate surface area is 87.3 Å². The van der Waals surface area contributed by atoms with Crippen molar-refractivity contribution in [3.05, 3.63) is 21.3 Å². The van der Waals surface area contributed by atoms with Gasteiger partial charge in [-0.2, -0.15) is 11.8 Å². The summed E-state index contributed by atoms with van der Waals surface area (Å²) in [5.41, 5.74) is 0. The van der Waals surface area contributed by atoms with E-state index in [2.05, 4.69) is 26.8 Å². The van der Waals surface area contributed by atoms with Gasteiger partial charge in [0.15, 0.2) is 0 Å². The highest BCUT2D eigenvalue weighted by Gasteiger charge is 2.09. The minimum absolute atomic E-state index is 0.572. The molecule has 3 heteroatoms. The summed E-state index contributed by atoms with van der Waals surface area (Å²) in [5, 5.41) is 1.25. The maximum Gasteiger partial charge on any atom is 0.0931 e. The van der Waals surface area contributed by atoms with Gasteiger partial charge in [0.1, 0.15) is 0 Å². The van der Waals surface area contributed by atoms with Crippen molar-refractivity contribution >= 4 is 34.7 Å². The molecule has 1 aromatic heterocycles. The first kappa shape index (κ1) is 10.4. The number of rotatable bonds is 3. The molecule has 0 radical (unpaired) electrons. The molecule has 1 rings (SSSR count). The van der Waals surface area contributed by atoms with Crippen molar-refractivity contribution in [2.24, 2.45) is 0 Å². The van der Waals surface area contributed by atoms with E-state index in [-0.39, 0.29) is 0 Å². The Morgan fingerprint density at radius 1 is 1.33 bits per heavy atom. The smallest absolute Gasteiger partial charge is 0.0931 e. The zero-order chi connectivity index (χ0) is 9.14. The normalized spacial score (nSPS) is 13.8. The topological polar surface area (TPSA) is 0 Å². The van der Waals surface area contributed by atoms with Crippen LogP contribution < -0.4 is 0 Å². The SMILES string of the molecule is CC(C)SC(C)c1ccc(Cl)s1. The zero-order valence-corrected chi connectivity index (χ0v) is 9.89. The monoisotopic (exact) mass is 220 g/mol. The van der Waals surface area contributed by atoms with Gasteiger partial charge in [-0.15, -0.1) is 11.3 Å². The van der Waals surface area contributed by atoms with Gasteiger partial charge in [0.2, 0.25) is 0 Å². The van der Waals surface area contributed by atoms with E-state index in [1.807, 2.05) is 17.8 Å². The van der Waals surface area contributed by atoms with Crippen LogP contribution in [-0.4, -0.2) is 5.25 Å². The number of hydrogen-bond donors (Lipinski definition) is 0. The van der Waals surface area contributed by atoms with Crippen LogP contribution >= 0.6 is 34.7 Å². The van der Waals surface area contributed by atoms with Crippen LogP contribution in [0.4, 0.5) is 0 Å². The lowest BCUT2D eigenvalue weighted by molar-refractivity contribution is 1.06. The van der Waals surface area contributed by atoms with Gasteiger partial charge in [0, 0.05) is 10.1 Å². The molecule has 0 spiro atoms. The van der Waals surface area contributed by atoms with Gasteiger partial charge < -0.3 is 0 Å². The van der Waals surface area contributed by atoms with Crippen molar-refractivity contribution in [2.45, 2.75) is 31.3 Å². The van der Waals surface area contributed by atoms with Crippen LogP contribution in [0.5, 0.6) is 0 Å².